The van der Waals surface area contributed by atoms with Crippen LogP contribution in [0.4, 0.5) is 0 Å². The standard InChI is InChI=1S/C20H26O7/c1-4-11(2)19(24)27-18-16-12(3)20(25)26-15(16)8-13(9-21)6-5-7-14(10-22)17(18)23/h7-8,10-11,15-18,21,23H,3-6,9H2,1-2H3/b13-8?,14-7-. The molecule has 0 amide bonds. The predicted molar refractivity (Wildman–Crippen MR) is 96.4 cm³/mol. The van der Waals surface area contributed by atoms with Gasteiger partial charge in [-0.3, -0.25) is 9.59 Å². The minimum Gasteiger partial charge on any atom is -0.458 e. The van der Waals surface area contributed by atoms with Crippen LogP contribution < -0.4 is 0 Å². The topological polar surface area (TPSA) is 110 Å². The summed E-state index contributed by atoms with van der Waals surface area (Å²) in [4.78, 5) is 36.0. The van der Waals surface area contributed by atoms with Crippen molar-refractivity contribution in [1.29, 1.82) is 0 Å². The molecule has 0 aromatic rings. The summed E-state index contributed by atoms with van der Waals surface area (Å²) >= 11 is 0. The molecule has 27 heavy (non-hydrogen) atoms. The molecule has 7 nitrogen and oxygen atoms in total. The van der Waals surface area contributed by atoms with Crippen molar-refractivity contribution in [3.8, 4) is 0 Å². The number of aldehydes is 1. The highest BCUT2D eigenvalue weighted by Gasteiger charge is 2.48. The van der Waals surface area contributed by atoms with Crippen LogP contribution in [0.15, 0.2) is 35.5 Å². The Bertz CT molecular complexity index is 676. The van der Waals surface area contributed by atoms with Crippen LogP contribution in [0.5, 0.6) is 0 Å². The third-order valence-corrected chi connectivity index (χ3v) is 5.12. The van der Waals surface area contributed by atoms with E-state index in [1.54, 1.807) is 19.1 Å². The number of aliphatic hydroxyl groups is 2. The minimum atomic E-state index is -1.42. The molecule has 2 aliphatic rings. The first kappa shape index (κ1) is 21.1. The van der Waals surface area contributed by atoms with Crippen molar-refractivity contribution in [3.63, 3.8) is 0 Å². The second-order valence-electron chi connectivity index (χ2n) is 6.92. The molecular formula is C20H26O7. The van der Waals surface area contributed by atoms with Crippen molar-refractivity contribution in [2.24, 2.45) is 11.8 Å². The van der Waals surface area contributed by atoms with Gasteiger partial charge in [-0.05, 0) is 30.9 Å². The largest absolute Gasteiger partial charge is 0.458 e. The quantitative estimate of drug-likeness (QED) is 0.320. The van der Waals surface area contributed by atoms with Crippen LogP contribution in [-0.2, 0) is 23.9 Å². The Labute approximate surface area is 158 Å². The third kappa shape index (κ3) is 4.54. The Morgan fingerprint density at radius 1 is 1.52 bits per heavy atom. The summed E-state index contributed by atoms with van der Waals surface area (Å²) in [5.41, 5.74) is 0.736. The fourth-order valence-corrected chi connectivity index (χ4v) is 3.18. The van der Waals surface area contributed by atoms with Crippen LogP contribution >= 0.6 is 0 Å². The second kappa shape index (κ2) is 9.10. The van der Waals surface area contributed by atoms with Crippen LogP contribution in [0.2, 0.25) is 0 Å². The van der Waals surface area contributed by atoms with Gasteiger partial charge in [0.15, 0.2) is 0 Å². The molecule has 0 aromatic carbocycles. The van der Waals surface area contributed by atoms with E-state index in [-0.39, 0.29) is 17.8 Å². The summed E-state index contributed by atoms with van der Waals surface area (Å²) < 4.78 is 10.9. The summed E-state index contributed by atoms with van der Waals surface area (Å²) in [6, 6.07) is 0. The number of carbonyl (C=O) groups excluding carboxylic acids is 3. The summed E-state index contributed by atoms with van der Waals surface area (Å²) in [5.74, 6) is -2.47. The molecule has 0 spiro atoms. The molecule has 1 saturated heterocycles. The molecule has 0 bridgehead atoms. The molecule has 5 unspecified atom stereocenters. The summed E-state index contributed by atoms with van der Waals surface area (Å²) in [7, 11) is 0. The van der Waals surface area contributed by atoms with Crippen molar-refractivity contribution < 1.29 is 34.1 Å². The zero-order valence-electron chi connectivity index (χ0n) is 15.6. The lowest BCUT2D eigenvalue weighted by molar-refractivity contribution is -0.162. The Hall–Kier alpha value is -2.25. The SMILES string of the molecule is C=C1C(=O)OC2C=C(CO)CC/C=C(/C=O)C(O)C(OC(=O)C(C)CC)C12. The smallest absolute Gasteiger partial charge is 0.334 e. The highest BCUT2D eigenvalue weighted by Crippen LogP contribution is 2.36. The number of rotatable bonds is 5. The first-order valence-corrected chi connectivity index (χ1v) is 9.08. The Morgan fingerprint density at radius 3 is 2.81 bits per heavy atom. The maximum atomic E-state index is 12.4. The van der Waals surface area contributed by atoms with Gasteiger partial charge in [-0.1, -0.05) is 26.5 Å². The Kier molecular flexibility index (Phi) is 7.10. The second-order valence-corrected chi connectivity index (χ2v) is 6.92. The van der Waals surface area contributed by atoms with Crippen molar-refractivity contribution >= 4 is 18.2 Å². The molecule has 1 aliphatic carbocycles. The molecule has 2 N–H and O–H groups in total. The van der Waals surface area contributed by atoms with Crippen LogP contribution in [-0.4, -0.2) is 53.4 Å². The molecule has 1 aliphatic heterocycles. The molecule has 0 radical (unpaired) electrons. The number of esters is 2. The van der Waals surface area contributed by atoms with Gasteiger partial charge in [-0.25, -0.2) is 4.79 Å². The van der Waals surface area contributed by atoms with Crippen molar-refractivity contribution in [2.45, 2.75) is 51.4 Å². The first-order valence-electron chi connectivity index (χ1n) is 9.08. The van der Waals surface area contributed by atoms with Gasteiger partial charge in [0.05, 0.1) is 18.4 Å². The molecule has 1 fully saturated rings. The van der Waals surface area contributed by atoms with Crippen LogP contribution in [0.1, 0.15) is 33.1 Å². The van der Waals surface area contributed by atoms with Gasteiger partial charge in [-0.2, -0.15) is 0 Å². The molecule has 148 valence electrons. The maximum absolute atomic E-state index is 12.4. The number of hydrogen-bond acceptors (Lipinski definition) is 7. The predicted octanol–water partition coefficient (Wildman–Crippen LogP) is 1.24. The molecule has 0 aromatic heterocycles. The maximum Gasteiger partial charge on any atom is 0.334 e. The van der Waals surface area contributed by atoms with Crippen LogP contribution in [0.25, 0.3) is 0 Å². The van der Waals surface area contributed by atoms with Gasteiger partial charge in [-0.15, -0.1) is 0 Å². The van der Waals surface area contributed by atoms with Gasteiger partial charge >= 0.3 is 11.9 Å². The molecular weight excluding hydrogens is 352 g/mol. The number of allylic oxidation sites excluding steroid dienone is 1. The third-order valence-electron chi connectivity index (χ3n) is 5.12. The van der Waals surface area contributed by atoms with Gasteiger partial charge < -0.3 is 19.7 Å². The summed E-state index contributed by atoms with van der Waals surface area (Å²) in [5, 5.41) is 20.3. The number of aliphatic hydroxyl groups excluding tert-OH is 2. The Morgan fingerprint density at radius 2 is 2.22 bits per heavy atom. The Balaban J connectivity index is 2.50. The van der Waals surface area contributed by atoms with Crippen LogP contribution in [0.3, 0.4) is 0 Å². The summed E-state index contributed by atoms with van der Waals surface area (Å²) in [6.07, 6.45) is 1.57. The zero-order chi connectivity index (χ0) is 20.1. The number of carbonyl (C=O) groups is 3. The molecule has 0 saturated carbocycles. The molecule has 5 atom stereocenters. The van der Waals surface area contributed by atoms with E-state index in [4.69, 9.17) is 9.47 Å². The molecule has 7 heteroatoms. The zero-order valence-corrected chi connectivity index (χ0v) is 15.6. The number of ether oxygens (including phenoxy) is 2. The highest BCUT2D eigenvalue weighted by molar-refractivity contribution is 5.91. The fourth-order valence-electron chi connectivity index (χ4n) is 3.18. The number of hydrogen-bond donors (Lipinski definition) is 2. The van der Waals surface area contributed by atoms with E-state index in [1.807, 2.05) is 6.92 Å². The monoisotopic (exact) mass is 378 g/mol. The van der Waals surface area contributed by atoms with Crippen molar-refractivity contribution in [2.75, 3.05) is 6.61 Å². The molecule has 1 heterocycles. The van der Waals surface area contributed by atoms with Gasteiger partial charge in [0.25, 0.3) is 0 Å². The van der Waals surface area contributed by atoms with E-state index in [0.717, 1.165) is 0 Å². The summed E-state index contributed by atoms with van der Waals surface area (Å²) in [6.45, 7) is 7.01. The van der Waals surface area contributed by atoms with Gasteiger partial charge in [0, 0.05) is 11.1 Å². The molecule has 2 rings (SSSR count). The van der Waals surface area contributed by atoms with Crippen molar-refractivity contribution in [3.05, 3.63) is 35.5 Å². The van der Waals surface area contributed by atoms with Gasteiger partial charge in [0.1, 0.15) is 24.6 Å². The van der Waals surface area contributed by atoms with E-state index >= 15 is 0 Å². The normalized spacial score (nSPS) is 31.7. The van der Waals surface area contributed by atoms with E-state index in [9.17, 15) is 24.6 Å². The van der Waals surface area contributed by atoms with Crippen LogP contribution in [0, 0.1) is 11.8 Å². The highest BCUT2D eigenvalue weighted by atomic mass is 16.6. The fraction of sp³-hybridized carbons (Fsp3) is 0.550. The van der Waals surface area contributed by atoms with Crippen molar-refractivity contribution in [1.82, 2.24) is 0 Å². The minimum absolute atomic E-state index is 0.0559. The lowest BCUT2D eigenvalue weighted by Crippen LogP contribution is -2.43. The lowest BCUT2D eigenvalue weighted by atomic mass is 9.83. The van der Waals surface area contributed by atoms with Gasteiger partial charge in [0.2, 0.25) is 0 Å². The van der Waals surface area contributed by atoms with E-state index in [0.29, 0.717) is 31.1 Å². The lowest BCUT2D eigenvalue weighted by Gasteiger charge is -2.31. The van der Waals surface area contributed by atoms with E-state index in [1.165, 1.54) is 0 Å². The average Bonchev–Trinajstić information content (AvgIpc) is 2.94. The van der Waals surface area contributed by atoms with E-state index in [2.05, 4.69) is 6.58 Å². The average molecular weight is 378 g/mol. The van der Waals surface area contributed by atoms with E-state index < -0.39 is 42.1 Å². The first-order chi connectivity index (χ1) is 12.8. The number of fused-ring (bicyclic) bond motifs is 1.